The molecule has 1 heterocycles. The number of hydrogen-bond donors (Lipinski definition) is 0. The number of aliphatic imine (C=N–C) groups is 1. The van der Waals surface area contributed by atoms with Crippen molar-refractivity contribution in [1.82, 2.24) is 0 Å². The van der Waals surface area contributed by atoms with Gasteiger partial charge in [0.05, 0.1) is 12.8 Å². The Morgan fingerprint density at radius 1 is 1.75 bits per heavy atom. The number of carbonyl (C=O) groups is 2. The Morgan fingerprint density at radius 3 is 2.67 bits per heavy atom. The predicted molar refractivity (Wildman–Crippen MR) is 44.9 cm³/mol. The Labute approximate surface area is 70.9 Å². The van der Waals surface area contributed by atoms with E-state index in [1.807, 2.05) is 0 Å². The lowest BCUT2D eigenvalue weighted by Gasteiger charge is -1.88. The third-order valence-corrected chi connectivity index (χ3v) is 0.964. The first kappa shape index (κ1) is 10.6. The fourth-order valence-electron chi connectivity index (χ4n) is 0.477. The minimum atomic E-state index is 0.0856. The zero-order chi connectivity index (χ0) is 9.23. The van der Waals surface area contributed by atoms with Gasteiger partial charge in [-0.05, 0) is 6.92 Å². The van der Waals surface area contributed by atoms with Gasteiger partial charge < -0.3 is 4.74 Å². The van der Waals surface area contributed by atoms with E-state index < -0.39 is 0 Å². The summed E-state index contributed by atoms with van der Waals surface area (Å²) in [5.41, 5.74) is 0. The molecule has 0 amide bonds. The Bertz CT molecular complexity index is 196. The largest absolute Gasteiger partial charge is 0.468 e. The Balaban J connectivity index is 0.000000217. The molecule has 0 N–H and O–H groups in total. The standard InChI is InChI=1S/C5H5NO.C3H6O2/c7-5-2-1-3-6-4-5;1-2-5-3-4/h1,3-4H,2H2;3H,2H2,1H3. The predicted octanol–water partition coefficient (Wildman–Crippen LogP) is 0.723. The molecule has 0 atom stereocenters. The Morgan fingerprint density at radius 2 is 2.50 bits per heavy atom. The van der Waals surface area contributed by atoms with Gasteiger partial charge in [-0.25, -0.2) is 0 Å². The fraction of sp³-hybridized carbons (Fsp3) is 0.375. The zero-order valence-corrected chi connectivity index (χ0v) is 6.90. The van der Waals surface area contributed by atoms with Crippen molar-refractivity contribution < 1.29 is 14.3 Å². The molecular formula is C8H11NO3. The first-order chi connectivity index (χ1) is 5.81. The number of hydrogen-bond acceptors (Lipinski definition) is 4. The van der Waals surface area contributed by atoms with Gasteiger partial charge in [0.15, 0.2) is 5.78 Å². The maximum atomic E-state index is 10.3. The molecule has 1 rings (SSSR count). The van der Waals surface area contributed by atoms with Crippen molar-refractivity contribution in [3.63, 3.8) is 0 Å². The third kappa shape index (κ3) is 6.67. The smallest absolute Gasteiger partial charge is 0.293 e. The summed E-state index contributed by atoms with van der Waals surface area (Å²) in [7, 11) is 0. The summed E-state index contributed by atoms with van der Waals surface area (Å²) < 4.78 is 4.15. The monoisotopic (exact) mass is 169 g/mol. The fourth-order valence-corrected chi connectivity index (χ4v) is 0.477. The minimum Gasteiger partial charge on any atom is -0.468 e. The lowest BCUT2D eigenvalue weighted by Crippen LogP contribution is -1.98. The highest BCUT2D eigenvalue weighted by molar-refractivity contribution is 6.28. The lowest BCUT2D eigenvalue weighted by atomic mass is 10.3. The van der Waals surface area contributed by atoms with Gasteiger partial charge in [-0.3, -0.25) is 14.6 Å². The van der Waals surface area contributed by atoms with E-state index in [4.69, 9.17) is 0 Å². The van der Waals surface area contributed by atoms with Crippen LogP contribution in [-0.2, 0) is 14.3 Å². The highest BCUT2D eigenvalue weighted by atomic mass is 16.5. The zero-order valence-electron chi connectivity index (χ0n) is 6.90. The van der Waals surface area contributed by atoms with Crippen LogP contribution in [0.4, 0.5) is 0 Å². The molecule has 1 aliphatic rings. The normalized spacial score (nSPS) is 13.2. The topological polar surface area (TPSA) is 55.7 Å². The van der Waals surface area contributed by atoms with Crippen LogP contribution in [0.15, 0.2) is 17.3 Å². The van der Waals surface area contributed by atoms with E-state index in [0.717, 1.165) is 0 Å². The number of allylic oxidation sites excluding steroid dienone is 1. The molecule has 0 radical (unpaired) electrons. The number of ether oxygens (including phenoxy) is 1. The van der Waals surface area contributed by atoms with Crippen molar-refractivity contribution in [3.05, 3.63) is 12.3 Å². The summed E-state index contributed by atoms with van der Waals surface area (Å²) in [5.74, 6) is 0.0856. The number of carbonyl (C=O) groups excluding carboxylic acids is 2. The van der Waals surface area contributed by atoms with Crippen LogP contribution in [0.3, 0.4) is 0 Å². The quantitative estimate of drug-likeness (QED) is 0.572. The van der Waals surface area contributed by atoms with E-state index in [1.165, 1.54) is 6.21 Å². The van der Waals surface area contributed by atoms with Gasteiger partial charge in [0.2, 0.25) is 0 Å². The van der Waals surface area contributed by atoms with Gasteiger partial charge in [-0.1, -0.05) is 6.08 Å². The third-order valence-electron chi connectivity index (χ3n) is 0.964. The molecule has 12 heavy (non-hydrogen) atoms. The van der Waals surface area contributed by atoms with Crippen LogP contribution in [0, 0.1) is 0 Å². The van der Waals surface area contributed by atoms with E-state index in [9.17, 15) is 9.59 Å². The van der Waals surface area contributed by atoms with Crippen LogP contribution < -0.4 is 0 Å². The van der Waals surface area contributed by atoms with Gasteiger partial charge in [-0.15, -0.1) is 0 Å². The molecule has 4 nitrogen and oxygen atoms in total. The van der Waals surface area contributed by atoms with Crippen LogP contribution >= 0.6 is 0 Å². The Kier molecular flexibility index (Phi) is 6.73. The summed E-state index contributed by atoms with van der Waals surface area (Å²) in [5, 5.41) is 0. The van der Waals surface area contributed by atoms with Crippen molar-refractivity contribution in [2.24, 2.45) is 4.99 Å². The first-order valence-corrected chi connectivity index (χ1v) is 3.57. The molecule has 66 valence electrons. The van der Waals surface area contributed by atoms with Crippen LogP contribution in [0.25, 0.3) is 0 Å². The van der Waals surface area contributed by atoms with Gasteiger partial charge in [0.1, 0.15) is 0 Å². The molecule has 0 saturated heterocycles. The molecule has 0 aliphatic carbocycles. The lowest BCUT2D eigenvalue weighted by molar-refractivity contribution is -0.128. The first-order valence-electron chi connectivity index (χ1n) is 3.57. The summed E-state index contributed by atoms with van der Waals surface area (Å²) in [6, 6.07) is 0. The van der Waals surface area contributed by atoms with Crippen molar-refractivity contribution in [2.75, 3.05) is 6.61 Å². The molecule has 0 bridgehead atoms. The maximum absolute atomic E-state index is 10.3. The molecule has 0 saturated carbocycles. The second kappa shape index (κ2) is 7.65. The highest BCUT2D eigenvalue weighted by Crippen LogP contribution is 1.89. The minimum absolute atomic E-state index is 0.0856. The molecule has 0 aromatic rings. The van der Waals surface area contributed by atoms with Crippen molar-refractivity contribution >= 4 is 18.5 Å². The molecule has 0 aromatic heterocycles. The van der Waals surface area contributed by atoms with Crippen LogP contribution in [-0.4, -0.2) is 25.1 Å². The van der Waals surface area contributed by atoms with E-state index >= 15 is 0 Å². The molecule has 0 unspecified atom stereocenters. The average Bonchev–Trinajstić information content (AvgIpc) is 2.08. The van der Waals surface area contributed by atoms with Gasteiger partial charge >= 0.3 is 0 Å². The van der Waals surface area contributed by atoms with E-state index in [-0.39, 0.29) is 5.78 Å². The average molecular weight is 169 g/mol. The highest BCUT2D eigenvalue weighted by Gasteiger charge is 1.93. The van der Waals surface area contributed by atoms with Gasteiger partial charge in [0, 0.05) is 12.6 Å². The van der Waals surface area contributed by atoms with E-state index in [1.54, 1.807) is 19.2 Å². The molecule has 4 heteroatoms. The molecule has 0 fully saturated rings. The SMILES string of the molecule is CCOC=O.O=C1C=NC=CC1. The summed E-state index contributed by atoms with van der Waals surface area (Å²) in [6.45, 7) is 2.66. The second-order valence-corrected chi connectivity index (χ2v) is 1.88. The summed E-state index contributed by atoms with van der Waals surface area (Å²) in [4.78, 5) is 23.0. The molecular weight excluding hydrogens is 158 g/mol. The molecule has 0 spiro atoms. The maximum Gasteiger partial charge on any atom is 0.293 e. The van der Waals surface area contributed by atoms with Crippen molar-refractivity contribution in [1.29, 1.82) is 0 Å². The second-order valence-electron chi connectivity index (χ2n) is 1.88. The van der Waals surface area contributed by atoms with E-state index in [2.05, 4.69) is 9.73 Å². The molecule has 0 aromatic carbocycles. The van der Waals surface area contributed by atoms with Gasteiger partial charge in [-0.2, -0.15) is 0 Å². The van der Waals surface area contributed by atoms with Crippen LogP contribution in [0.5, 0.6) is 0 Å². The number of rotatable bonds is 2. The summed E-state index contributed by atoms with van der Waals surface area (Å²) in [6.07, 6.45) is 5.22. The number of ketones is 1. The van der Waals surface area contributed by atoms with Crippen LogP contribution in [0.1, 0.15) is 13.3 Å². The number of Topliss-reactive ketones (excluding diaryl/α,β-unsaturated/α-hetero) is 1. The summed E-state index contributed by atoms with van der Waals surface area (Å²) >= 11 is 0. The van der Waals surface area contributed by atoms with Gasteiger partial charge in [0.25, 0.3) is 6.47 Å². The van der Waals surface area contributed by atoms with Crippen LogP contribution in [0.2, 0.25) is 0 Å². The van der Waals surface area contributed by atoms with E-state index in [0.29, 0.717) is 19.5 Å². The molecule has 1 aliphatic heterocycles. The van der Waals surface area contributed by atoms with Crippen molar-refractivity contribution in [3.8, 4) is 0 Å². The van der Waals surface area contributed by atoms with Crippen molar-refractivity contribution in [2.45, 2.75) is 13.3 Å². The Hall–Kier alpha value is -1.45. The number of nitrogens with zero attached hydrogens (tertiary/aromatic N) is 1.